The standard InChI is InChI=1S/C23H22N4O3/c24-19-8-4-5-9-20(19)27-23(30)18-12-10-16(11-13-18)14-25-21(28)15-26-22(29)17-6-2-1-3-7-17/h1-13H,14-15,24H2,(H,25,28)(H,26,29)(H,27,30). The van der Waals surface area contributed by atoms with Gasteiger partial charge >= 0.3 is 0 Å². The number of nitrogen functional groups attached to an aromatic ring is 1. The lowest BCUT2D eigenvalue weighted by Gasteiger charge is -2.09. The Kier molecular flexibility index (Phi) is 6.78. The van der Waals surface area contributed by atoms with Crippen molar-refractivity contribution in [2.24, 2.45) is 0 Å². The number of benzene rings is 3. The molecule has 152 valence electrons. The molecule has 0 aliphatic carbocycles. The molecule has 0 aliphatic rings. The van der Waals surface area contributed by atoms with Crippen molar-refractivity contribution in [3.05, 3.63) is 95.6 Å². The van der Waals surface area contributed by atoms with Crippen LogP contribution in [-0.4, -0.2) is 24.3 Å². The molecule has 0 heterocycles. The minimum absolute atomic E-state index is 0.118. The summed E-state index contributed by atoms with van der Waals surface area (Å²) in [4.78, 5) is 36.2. The monoisotopic (exact) mass is 402 g/mol. The number of para-hydroxylation sites is 2. The van der Waals surface area contributed by atoms with E-state index in [0.717, 1.165) is 5.56 Å². The molecule has 0 atom stereocenters. The van der Waals surface area contributed by atoms with Crippen LogP contribution in [0.3, 0.4) is 0 Å². The average Bonchev–Trinajstić information content (AvgIpc) is 2.78. The zero-order chi connectivity index (χ0) is 21.3. The quantitative estimate of drug-likeness (QED) is 0.455. The molecular weight excluding hydrogens is 380 g/mol. The third kappa shape index (κ3) is 5.68. The van der Waals surface area contributed by atoms with Gasteiger partial charge in [-0.25, -0.2) is 0 Å². The molecule has 30 heavy (non-hydrogen) atoms. The van der Waals surface area contributed by atoms with E-state index in [0.29, 0.717) is 22.5 Å². The Labute approximate surface area is 174 Å². The molecule has 3 amide bonds. The van der Waals surface area contributed by atoms with Crippen LogP contribution in [0.1, 0.15) is 26.3 Å². The van der Waals surface area contributed by atoms with Gasteiger partial charge < -0.3 is 21.7 Å². The van der Waals surface area contributed by atoms with Crippen molar-refractivity contribution in [3.63, 3.8) is 0 Å². The summed E-state index contributed by atoms with van der Waals surface area (Å²) in [5.74, 6) is -0.882. The van der Waals surface area contributed by atoms with Crippen LogP contribution in [0.25, 0.3) is 0 Å². The van der Waals surface area contributed by atoms with Gasteiger partial charge in [0.15, 0.2) is 0 Å². The van der Waals surface area contributed by atoms with Gasteiger partial charge in [-0.05, 0) is 42.0 Å². The van der Waals surface area contributed by atoms with E-state index in [4.69, 9.17) is 5.73 Å². The van der Waals surface area contributed by atoms with Crippen molar-refractivity contribution in [2.45, 2.75) is 6.54 Å². The molecule has 7 nitrogen and oxygen atoms in total. The summed E-state index contributed by atoms with van der Waals surface area (Å²) in [6, 6.07) is 22.6. The first-order valence-electron chi connectivity index (χ1n) is 9.37. The number of hydrogen-bond acceptors (Lipinski definition) is 4. The van der Waals surface area contributed by atoms with Gasteiger partial charge in [0, 0.05) is 17.7 Å². The second-order valence-corrected chi connectivity index (χ2v) is 6.56. The molecule has 0 fully saturated rings. The summed E-state index contributed by atoms with van der Waals surface area (Å²) >= 11 is 0. The zero-order valence-electron chi connectivity index (χ0n) is 16.2. The van der Waals surface area contributed by atoms with E-state index in [9.17, 15) is 14.4 Å². The first-order valence-corrected chi connectivity index (χ1v) is 9.37. The van der Waals surface area contributed by atoms with Crippen LogP contribution in [0.4, 0.5) is 11.4 Å². The van der Waals surface area contributed by atoms with Gasteiger partial charge in [-0.15, -0.1) is 0 Å². The molecule has 0 aliphatic heterocycles. The zero-order valence-corrected chi connectivity index (χ0v) is 16.2. The minimum atomic E-state index is -0.305. The molecule has 0 saturated heterocycles. The van der Waals surface area contributed by atoms with E-state index in [-0.39, 0.29) is 30.8 Å². The fourth-order valence-corrected chi connectivity index (χ4v) is 2.69. The molecule has 0 spiro atoms. The SMILES string of the molecule is Nc1ccccc1NC(=O)c1ccc(CNC(=O)CNC(=O)c2ccccc2)cc1. The lowest BCUT2D eigenvalue weighted by Crippen LogP contribution is -2.36. The normalized spacial score (nSPS) is 10.1. The second kappa shape index (κ2) is 9.88. The third-order valence-corrected chi connectivity index (χ3v) is 4.36. The Morgan fingerprint density at radius 2 is 1.33 bits per heavy atom. The maximum absolute atomic E-state index is 12.3. The average molecular weight is 402 g/mol. The van der Waals surface area contributed by atoms with Crippen LogP contribution >= 0.6 is 0 Å². The van der Waals surface area contributed by atoms with Gasteiger partial charge in [0.1, 0.15) is 0 Å². The number of anilines is 2. The van der Waals surface area contributed by atoms with E-state index in [1.807, 2.05) is 6.07 Å². The number of hydrogen-bond donors (Lipinski definition) is 4. The highest BCUT2D eigenvalue weighted by molar-refractivity contribution is 6.05. The Morgan fingerprint density at radius 1 is 0.700 bits per heavy atom. The van der Waals surface area contributed by atoms with Crippen molar-refractivity contribution in [2.75, 3.05) is 17.6 Å². The van der Waals surface area contributed by atoms with E-state index in [1.54, 1.807) is 72.8 Å². The fraction of sp³-hybridized carbons (Fsp3) is 0.0870. The molecule has 3 aromatic rings. The van der Waals surface area contributed by atoms with Crippen molar-refractivity contribution >= 4 is 29.1 Å². The minimum Gasteiger partial charge on any atom is -0.397 e. The Morgan fingerprint density at radius 3 is 2.03 bits per heavy atom. The highest BCUT2D eigenvalue weighted by Crippen LogP contribution is 2.18. The summed E-state index contributed by atoms with van der Waals surface area (Å²) in [6.07, 6.45) is 0. The van der Waals surface area contributed by atoms with Gasteiger partial charge in [-0.2, -0.15) is 0 Å². The molecule has 5 N–H and O–H groups in total. The topological polar surface area (TPSA) is 113 Å². The van der Waals surface area contributed by atoms with Crippen LogP contribution in [0.15, 0.2) is 78.9 Å². The molecule has 7 heteroatoms. The van der Waals surface area contributed by atoms with E-state index in [2.05, 4.69) is 16.0 Å². The summed E-state index contributed by atoms with van der Waals surface area (Å²) in [7, 11) is 0. The number of amides is 3. The van der Waals surface area contributed by atoms with E-state index in [1.165, 1.54) is 0 Å². The number of rotatable bonds is 7. The second-order valence-electron chi connectivity index (χ2n) is 6.56. The third-order valence-electron chi connectivity index (χ3n) is 4.36. The molecule has 0 saturated carbocycles. The first-order chi connectivity index (χ1) is 14.5. The maximum atomic E-state index is 12.3. The van der Waals surface area contributed by atoms with Gasteiger partial charge in [0.05, 0.1) is 17.9 Å². The number of nitrogens with two attached hydrogens (primary N) is 1. The lowest BCUT2D eigenvalue weighted by atomic mass is 10.1. The van der Waals surface area contributed by atoms with Crippen LogP contribution < -0.4 is 21.7 Å². The summed E-state index contributed by atoms with van der Waals surface area (Å²) in [5.41, 5.74) is 8.68. The van der Waals surface area contributed by atoms with Gasteiger partial charge in [0.2, 0.25) is 5.91 Å². The fourth-order valence-electron chi connectivity index (χ4n) is 2.69. The molecule has 0 unspecified atom stereocenters. The Balaban J connectivity index is 1.46. The Hall–Kier alpha value is -4.13. The summed E-state index contributed by atoms with van der Waals surface area (Å²) in [5, 5.41) is 8.07. The van der Waals surface area contributed by atoms with Crippen molar-refractivity contribution in [1.29, 1.82) is 0 Å². The maximum Gasteiger partial charge on any atom is 0.255 e. The van der Waals surface area contributed by atoms with Crippen LogP contribution in [0.2, 0.25) is 0 Å². The predicted molar refractivity (Wildman–Crippen MR) is 116 cm³/mol. The van der Waals surface area contributed by atoms with Crippen LogP contribution in [0.5, 0.6) is 0 Å². The van der Waals surface area contributed by atoms with Crippen LogP contribution in [-0.2, 0) is 11.3 Å². The van der Waals surface area contributed by atoms with Gasteiger partial charge in [-0.1, -0.05) is 42.5 Å². The first kappa shape index (κ1) is 20.6. The van der Waals surface area contributed by atoms with Gasteiger partial charge in [-0.3, -0.25) is 14.4 Å². The van der Waals surface area contributed by atoms with Gasteiger partial charge in [0.25, 0.3) is 11.8 Å². The highest BCUT2D eigenvalue weighted by atomic mass is 16.2. The largest absolute Gasteiger partial charge is 0.397 e. The lowest BCUT2D eigenvalue weighted by molar-refractivity contribution is -0.120. The van der Waals surface area contributed by atoms with E-state index < -0.39 is 0 Å². The number of nitrogens with one attached hydrogen (secondary N) is 3. The van der Waals surface area contributed by atoms with Crippen molar-refractivity contribution in [1.82, 2.24) is 10.6 Å². The molecule has 0 radical (unpaired) electrons. The van der Waals surface area contributed by atoms with Crippen molar-refractivity contribution < 1.29 is 14.4 Å². The summed E-state index contributed by atoms with van der Waals surface area (Å²) in [6.45, 7) is 0.167. The van der Waals surface area contributed by atoms with Crippen LogP contribution in [0, 0.1) is 0 Å². The number of carbonyl (C=O) groups is 3. The predicted octanol–water partition coefficient (Wildman–Crippen LogP) is 2.57. The number of carbonyl (C=O) groups excluding carboxylic acids is 3. The molecular formula is C23H22N4O3. The molecule has 3 rings (SSSR count). The summed E-state index contributed by atoms with van der Waals surface area (Å²) < 4.78 is 0. The Bertz CT molecular complexity index is 1030. The molecule has 0 aromatic heterocycles. The van der Waals surface area contributed by atoms with Crippen molar-refractivity contribution in [3.8, 4) is 0 Å². The smallest absolute Gasteiger partial charge is 0.255 e. The highest BCUT2D eigenvalue weighted by Gasteiger charge is 2.09. The van der Waals surface area contributed by atoms with E-state index >= 15 is 0 Å². The molecule has 0 bridgehead atoms. The molecule has 3 aromatic carbocycles.